The molecule has 0 unspecified atom stereocenters. The van der Waals surface area contributed by atoms with Crippen LogP contribution in [0.25, 0.3) is 0 Å². The number of anilines is 1. The third kappa shape index (κ3) is 4.52. The monoisotopic (exact) mass is 428 g/mol. The first-order valence-electron chi connectivity index (χ1n) is 8.89. The van der Waals surface area contributed by atoms with Crippen LogP contribution in [-0.4, -0.2) is 27.6 Å². The van der Waals surface area contributed by atoms with Crippen molar-refractivity contribution in [1.29, 1.82) is 0 Å². The van der Waals surface area contributed by atoms with Gasteiger partial charge in [0.1, 0.15) is 11.5 Å². The molecule has 0 aromatic heterocycles. The molecule has 0 bridgehead atoms. The molecule has 3 rings (SSSR count). The van der Waals surface area contributed by atoms with Crippen molar-refractivity contribution in [2.24, 2.45) is 0 Å². The summed E-state index contributed by atoms with van der Waals surface area (Å²) in [5, 5.41) is 10.9. The van der Waals surface area contributed by atoms with Gasteiger partial charge in [0, 0.05) is 30.3 Å². The fraction of sp³-hybridized carbons (Fsp3) is 0.143. The standard InChI is InChI=1S/C21H20N2O6S/c1-28-19-12-18(13-20(14-19)29-2)22(15-16-6-4-3-5-7-16)30(26,27)21-10-8-17(9-11-21)23(24)25/h3-14H,15H2,1-2H3. The third-order valence-electron chi connectivity index (χ3n) is 4.43. The van der Waals surface area contributed by atoms with Gasteiger partial charge in [0.05, 0.1) is 36.3 Å². The molecule has 0 radical (unpaired) electrons. The number of nitrogens with zero attached hydrogens (tertiary/aromatic N) is 2. The number of hydrogen-bond acceptors (Lipinski definition) is 6. The minimum Gasteiger partial charge on any atom is -0.497 e. The van der Waals surface area contributed by atoms with E-state index in [0.717, 1.165) is 5.56 Å². The highest BCUT2D eigenvalue weighted by Crippen LogP contribution is 2.33. The molecule has 0 N–H and O–H groups in total. The average molecular weight is 428 g/mol. The van der Waals surface area contributed by atoms with Gasteiger partial charge in [-0.3, -0.25) is 14.4 Å². The van der Waals surface area contributed by atoms with E-state index in [1.54, 1.807) is 18.2 Å². The van der Waals surface area contributed by atoms with E-state index in [2.05, 4.69) is 0 Å². The van der Waals surface area contributed by atoms with Crippen LogP contribution >= 0.6 is 0 Å². The topological polar surface area (TPSA) is 99.0 Å². The lowest BCUT2D eigenvalue weighted by Gasteiger charge is -2.25. The molecule has 0 spiro atoms. The van der Waals surface area contributed by atoms with Gasteiger partial charge in [-0.1, -0.05) is 30.3 Å². The van der Waals surface area contributed by atoms with Crippen molar-refractivity contribution < 1.29 is 22.8 Å². The maximum atomic E-state index is 13.5. The van der Waals surface area contributed by atoms with Crippen molar-refractivity contribution in [2.45, 2.75) is 11.4 Å². The molecule has 8 nitrogen and oxygen atoms in total. The van der Waals surface area contributed by atoms with Crippen LogP contribution in [0.4, 0.5) is 11.4 Å². The predicted octanol–water partition coefficient (Wildman–Crippen LogP) is 4.01. The molecule has 3 aromatic rings. The second-order valence-corrected chi connectivity index (χ2v) is 8.18. The molecule has 0 fully saturated rings. The first-order chi connectivity index (χ1) is 14.3. The van der Waals surface area contributed by atoms with Crippen molar-refractivity contribution in [1.82, 2.24) is 0 Å². The van der Waals surface area contributed by atoms with Crippen LogP contribution in [0, 0.1) is 10.1 Å². The second kappa shape index (κ2) is 8.83. The van der Waals surface area contributed by atoms with Gasteiger partial charge >= 0.3 is 0 Å². The zero-order valence-electron chi connectivity index (χ0n) is 16.4. The molecule has 3 aromatic carbocycles. The normalized spacial score (nSPS) is 11.0. The highest BCUT2D eigenvalue weighted by molar-refractivity contribution is 7.92. The Hall–Kier alpha value is -3.59. The molecule has 0 aliphatic carbocycles. The van der Waals surface area contributed by atoms with Crippen molar-refractivity contribution >= 4 is 21.4 Å². The lowest BCUT2D eigenvalue weighted by molar-refractivity contribution is -0.384. The van der Waals surface area contributed by atoms with Crippen molar-refractivity contribution in [3.63, 3.8) is 0 Å². The molecule has 156 valence electrons. The number of benzene rings is 3. The van der Waals surface area contributed by atoms with Gasteiger partial charge in [-0.2, -0.15) is 0 Å². The van der Waals surface area contributed by atoms with E-state index in [9.17, 15) is 18.5 Å². The van der Waals surface area contributed by atoms with Crippen LogP contribution in [-0.2, 0) is 16.6 Å². The molecular weight excluding hydrogens is 408 g/mol. The Balaban J connectivity index is 2.12. The largest absolute Gasteiger partial charge is 0.497 e. The molecule has 0 saturated carbocycles. The molecule has 0 aliphatic heterocycles. The molecular formula is C21H20N2O6S. The SMILES string of the molecule is COc1cc(OC)cc(N(Cc2ccccc2)S(=O)(=O)c2ccc([N+](=O)[O-])cc2)c1. The first-order valence-corrected chi connectivity index (χ1v) is 10.3. The van der Waals surface area contributed by atoms with Gasteiger partial charge in [0.2, 0.25) is 0 Å². The van der Waals surface area contributed by atoms with E-state index < -0.39 is 14.9 Å². The van der Waals surface area contributed by atoms with E-state index in [4.69, 9.17) is 9.47 Å². The number of rotatable bonds is 8. The lowest BCUT2D eigenvalue weighted by Crippen LogP contribution is -2.30. The summed E-state index contributed by atoms with van der Waals surface area (Å²) < 4.78 is 38.8. The van der Waals surface area contributed by atoms with E-state index in [1.165, 1.54) is 42.8 Å². The Morgan fingerprint density at radius 2 is 1.47 bits per heavy atom. The van der Waals surface area contributed by atoms with Gasteiger partial charge in [0.15, 0.2) is 0 Å². The molecule has 30 heavy (non-hydrogen) atoms. The number of ether oxygens (including phenoxy) is 2. The van der Waals surface area contributed by atoms with Gasteiger partial charge in [-0.05, 0) is 17.7 Å². The second-order valence-electron chi connectivity index (χ2n) is 6.32. The molecule has 0 saturated heterocycles. The number of hydrogen-bond donors (Lipinski definition) is 0. The first kappa shape index (κ1) is 21.1. The molecule has 0 aliphatic rings. The van der Waals surface area contributed by atoms with E-state index in [0.29, 0.717) is 17.2 Å². The van der Waals surface area contributed by atoms with Crippen LogP contribution in [0.15, 0.2) is 77.7 Å². The molecule has 0 heterocycles. The highest BCUT2D eigenvalue weighted by Gasteiger charge is 2.27. The summed E-state index contributed by atoms with van der Waals surface area (Å²) in [5.74, 6) is 0.864. The number of nitro benzene ring substituents is 1. The van der Waals surface area contributed by atoms with Crippen molar-refractivity contribution in [3.05, 3.63) is 88.5 Å². The summed E-state index contributed by atoms with van der Waals surface area (Å²) >= 11 is 0. The Morgan fingerprint density at radius 1 is 0.900 bits per heavy atom. The van der Waals surface area contributed by atoms with Crippen LogP contribution < -0.4 is 13.8 Å². The van der Waals surface area contributed by atoms with Crippen molar-refractivity contribution in [3.8, 4) is 11.5 Å². The summed E-state index contributed by atoms with van der Waals surface area (Å²) in [4.78, 5) is 10.3. The minimum absolute atomic E-state index is 0.0521. The van der Waals surface area contributed by atoms with Crippen LogP contribution in [0.1, 0.15) is 5.56 Å². The predicted molar refractivity (Wildman–Crippen MR) is 112 cm³/mol. The maximum absolute atomic E-state index is 13.5. The van der Waals surface area contributed by atoms with Gasteiger partial charge in [0.25, 0.3) is 15.7 Å². The average Bonchev–Trinajstić information content (AvgIpc) is 2.77. The van der Waals surface area contributed by atoms with E-state index in [1.807, 2.05) is 30.3 Å². The molecule has 0 amide bonds. The lowest BCUT2D eigenvalue weighted by atomic mass is 10.2. The molecule has 9 heteroatoms. The third-order valence-corrected chi connectivity index (χ3v) is 6.22. The van der Waals surface area contributed by atoms with E-state index >= 15 is 0 Å². The quantitative estimate of drug-likeness (QED) is 0.397. The smallest absolute Gasteiger partial charge is 0.269 e. The summed E-state index contributed by atoms with van der Waals surface area (Å²) in [6.45, 7) is 0.0521. The van der Waals surface area contributed by atoms with Gasteiger partial charge in [-0.25, -0.2) is 8.42 Å². The van der Waals surface area contributed by atoms with Crippen LogP contribution in [0.5, 0.6) is 11.5 Å². The summed E-state index contributed by atoms with van der Waals surface area (Å²) in [6.07, 6.45) is 0. The Bertz CT molecular complexity index is 1110. The van der Waals surface area contributed by atoms with Crippen LogP contribution in [0.2, 0.25) is 0 Å². The Morgan fingerprint density at radius 3 is 1.97 bits per heavy atom. The Labute approximate surface area is 174 Å². The van der Waals surface area contributed by atoms with Crippen LogP contribution in [0.3, 0.4) is 0 Å². The fourth-order valence-corrected chi connectivity index (χ4v) is 4.30. The highest BCUT2D eigenvalue weighted by atomic mass is 32.2. The number of methoxy groups -OCH3 is 2. The Kier molecular flexibility index (Phi) is 6.22. The van der Waals surface area contributed by atoms with Gasteiger partial charge < -0.3 is 9.47 Å². The fourth-order valence-electron chi connectivity index (χ4n) is 2.87. The van der Waals surface area contributed by atoms with E-state index in [-0.39, 0.29) is 17.1 Å². The summed E-state index contributed by atoms with van der Waals surface area (Å²) in [5.41, 5.74) is 0.921. The molecule has 0 atom stereocenters. The maximum Gasteiger partial charge on any atom is 0.269 e. The number of sulfonamides is 1. The van der Waals surface area contributed by atoms with Crippen molar-refractivity contribution in [2.75, 3.05) is 18.5 Å². The summed E-state index contributed by atoms with van der Waals surface area (Å²) in [6, 6.07) is 18.7. The number of non-ortho nitro benzene ring substituents is 1. The number of nitro groups is 1. The van der Waals surface area contributed by atoms with Gasteiger partial charge in [-0.15, -0.1) is 0 Å². The zero-order chi connectivity index (χ0) is 21.7. The minimum atomic E-state index is -4.05. The summed E-state index contributed by atoms with van der Waals surface area (Å²) in [7, 11) is -1.09. The zero-order valence-corrected chi connectivity index (χ0v) is 17.2.